The van der Waals surface area contributed by atoms with Crippen LogP contribution in [0.5, 0.6) is 0 Å². The Morgan fingerprint density at radius 1 is 1.55 bits per heavy atom. The number of halogens is 3. The molecule has 3 N–H and O–H groups in total. The van der Waals surface area contributed by atoms with Crippen molar-refractivity contribution in [1.29, 1.82) is 0 Å². The van der Waals surface area contributed by atoms with E-state index in [1.807, 2.05) is 0 Å². The molecule has 0 atom stereocenters. The number of hydrogen-bond donors (Lipinski definition) is 2. The van der Waals surface area contributed by atoms with Crippen molar-refractivity contribution in [2.75, 3.05) is 6.54 Å². The monoisotopic (exact) mass is 187 g/mol. The zero-order chi connectivity index (χ0) is 7.78. The van der Waals surface area contributed by atoms with Gasteiger partial charge in [-0.05, 0) is 25.3 Å². The van der Waals surface area contributed by atoms with E-state index in [0.717, 1.165) is 0 Å². The molecular formula is C6H12ClF2NO. The second-order valence-electron chi connectivity index (χ2n) is 2.91. The Morgan fingerprint density at radius 3 is 2.27 bits per heavy atom. The van der Waals surface area contributed by atoms with E-state index >= 15 is 0 Å². The Bertz CT molecular complexity index is 128. The third-order valence-electron chi connectivity index (χ3n) is 2.02. The van der Waals surface area contributed by atoms with E-state index < -0.39 is 12.0 Å². The van der Waals surface area contributed by atoms with E-state index in [1.54, 1.807) is 0 Å². The second kappa shape index (κ2) is 3.65. The van der Waals surface area contributed by atoms with E-state index in [9.17, 15) is 8.78 Å². The molecule has 0 amide bonds. The first-order valence-corrected chi connectivity index (χ1v) is 3.29. The number of nitrogens with two attached hydrogens (primary N) is 1. The van der Waals surface area contributed by atoms with Crippen LogP contribution in [0.3, 0.4) is 0 Å². The average molecular weight is 188 g/mol. The van der Waals surface area contributed by atoms with Crippen LogP contribution < -0.4 is 5.73 Å². The molecule has 2 nitrogen and oxygen atoms in total. The van der Waals surface area contributed by atoms with Gasteiger partial charge in [0, 0.05) is 0 Å². The van der Waals surface area contributed by atoms with Crippen molar-refractivity contribution in [3.8, 4) is 0 Å². The van der Waals surface area contributed by atoms with Gasteiger partial charge in [0.05, 0.1) is 0 Å². The van der Waals surface area contributed by atoms with Gasteiger partial charge in [-0.1, -0.05) is 0 Å². The Hall–Kier alpha value is 0.0700. The summed E-state index contributed by atoms with van der Waals surface area (Å²) in [4.78, 5) is 0. The summed E-state index contributed by atoms with van der Waals surface area (Å²) in [7, 11) is 0. The molecule has 1 aliphatic carbocycles. The summed E-state index contributed by atoms with van der Waals surface area (Å²) in [6, 6.07) is 0. The first-order chi connectivity index (χ1) is 4.58. The first-order valence-electron chi connectivity index (χ1n) is 3.29. The van der Waals surface area contributed by atoms with Gasteiger partial charge in [-0.15, -0.1) is 12.4 Å². The number of alkyl halides is 2. The van der Waals surface area contributed by atoms with Gasteiger partial charge in [-0.2, -0.15) is 0 Å². The summed E-state index contributed by atoms with van der Waals surface area (Å²) < 4.78 is 23.8. The maximum Gasteiger partial charge on any atom is 0.266 e. The first kappa shape index (κ1) is 11.1. The Kier molecular flexibility index (Phi) is 3.67. The van der Waals surface area contributed by atoms with Crippen molar-refractivity contribution in [3.63, 3.8) is 0 Å². The minimum Gasteiger partial charge on any atom is -0.384 e. The van der Waals surface area contributed by atoms with Crippen molar-refractivity contribution in [1.82, 2.24) is 0 Å². The molecule has 68 valence electrons. The highest BCUT2D eigenvalue weighted by molar-refractivity contribution is 5.85. The van der Waals surface area contributed by atoms with E-state index in [1.165, 1.54) is 0 Å². The van der Waals surface area contributed by atoms with Crippen molar-refractivity contribution >= 4 is 12.4 Å². The summed E-state index contributed by atoms with van der Waals surface area (Å²) in [5, 5.41) is 8.98. The zero-order valence-electron chi connectivity index (χ0n) is 5.96. The number of hydrogen-bond acceptors (Lipinski definition) is 2. The van der Waals surface area contributed by atoms with Crippen LogP contribution in [0, 0.1) is 5.92 Å². The molecule has 0 aromatic heterocycles. The topological polar surface area (TPSA) is 46.2 Å². The van der Waals surface area contributed by atoms with Crippen molar-refractivity contribution in [3.05, 3.63) is 0 Å². The van der Waals surface area contributed by atoms with Gasteiger partial charge in [0.15, 0.2) is 0 Å². The molecule has 0 heterocycles. The van der Waals surface area contributed by atoms with Crippen molar-refractivity contribution < 1.29 is 13.9 Å². The highest BCUT2D eigenvalue weighted by Gasteiger charge is 2.48. The molecule has 0 unspecified atom stereocenters. The average Bonchev–Trinajstić information content (AvgIpc) is 1.80. The molecule has 1 aliphatic rings. The van der Waals surface area contributed by atoms with Crippen molar-refractivity contribution in [2.24, 2.45) is 11.7 Å². The van der Waals surface area contributed by atoms with Crippen LogP contribution in [0.25, 0.3) is 0 Å². The molecule has 1 fully saturated rings. The zero-order valence-corrected chi connectivity index (χ0v) is 6.78. The Balaban J connectivity index is 0.000001000. The molecule has 0 aromatic rings. The summed E-state index contributed by atoms with van der Waals surface area (Å²) in [5.41, 5.74) is 3.48. The minimum absolute atomic E-state index is 0. The molecule has 0 aliphatic heterocycles. The van der Waals surface area contributed by atoms with Crippen LogP contribution in [-0.4, -0.2) is 23.7 Å². The van der Waals surface area contributed by atoms with Gasteiger partial charge >= 0.3 is 0 Å². The lowest BCUT2D eigenvalue weighted by atomic mass is 9.71. The van der Waals surface area contributed by atoms with Crippen LogP contribution in [-0.2, 0) is 0 Å². The van der Waals surface area contributed by atoms with Crippen LogP contribution >= 0.6 is 12.4 Å². The highest BCUT2D eigenvalue weighted by Crippen LogP contribution is 2.41. The fourth-order valence-electron chi connectivity index (χ4n) is 1.28. The second-order valence-corrected chi connectivity index (χ2v) is 2.91. The van der Waals surface area contributed by atoms with E-state index in [0.29, 0.717) is 6.54 Å². The predicted molar refractivity (Wildman–Crippen MR) is 40.0 cm³/mol. The Labute approximate surface area is 70.2 Å². The maximum absolute atomic E-state index is 11.9. The third kappa shape index (κ3) is 2.01. The largest absolute Gasteiger partial charge is 0.384 e. The van der Waals surface area contributed by atoms with Crippen LogP contribution in [0.1, 0.15) is 12.8 Å². The fraction of sp³-hybridized carbons (Fsp3) is 1.00. The fourth-order valence-corrected chi connectivity index (χ4v) is 1.28. The lowest BCUT2D eigenvalue weighted by Gasteiger charge is -2.42. The summed E-state index contributed by atoms with van der Waals surface area (Å²) in [6.45, 7) is 0.398. The van der Waals surface area contributed by atoms with Gasteiger partial charge in [0.2, 0.25) is 0 Å². The lowest BCUT2D eigenvalue weighted by molar-refractivity contribution is -0.166. The molecule has 1 saturated carbocycles. The van der Waals surface area contributed by atoms with Gasteiger partial charge in [0.25, 0.3) is 6.43 Å². The van der Waals surface area contributed by atoms with Crippen LogP contribution in [0.15, 0.2) is 0 Å². The van der Waals surface area contributed by atoms with Crippen LogP contribution in [0.2, 0.25) is 0 Å². The molecule has 0 spiro atoms. The van der Waals surface area contributed by atoms with Gasteiger partial charge in [-0.25, -0.2) is 8.78 Å². The van der Waals surface area contributed by atoms with E-state index in [4.69, 9.17) is 10.8 Å². The number of aliphatic hydroxyl groups is 1. The molecule has 5 heteroatoms. The predicted octanol–water partition coefficient (Wildman–Crippen LogP) is 0.773. The van der Waals surface area contributed by atoms with Gasteiger partial charge in [0.1, 0.15) is 5.60 Å². The molecular weight excluding hydrogens is 176 g/mol. The molecule has 0 aromatic carbocycles. The third-order valence-corrected chi connectivity index (χ3v) is 2.02. The summed E-state index contributed by atoms with van der Waals surface area (Å²) >= 11 is 0. The smallest absolute Gasteiger partial charge is 0.266 e. The quantitative estimate of drug-likeness (QED) is 0.671. The SMILES string of the molecule is Cl.NCC1CC(O)(C(F)F)C1. The summed E-state index contributed by atoms with van der Waals surface area (Å²) in [6.07, 6.45) is -2.31. The standard InChI is InChI=1S/C6H11F2NO.ClH/c7-5(8)6(10)1-4(2-6)3-9;/h4-5,10H,1-3,9H2;1H. The van der Waals surface area contributed by atoms with Gasteiger partial charge in [-0.3, -0.25) is 0 Å². The van der Waals surface area contributed by atoms with E-state index in [-0.39, 0.29) is 31.2 Å². The molecule has 1 rings (SSSR count). The maximum atomic E-state index is 11.9. The minimum atomic E-state index is -2.62. The van der Waals surface area contributed by atoms with E-state index in [2.05, 4.69) is 0 Å². The van der Waals surface area contributed by atoms with Gasteiger partial charge < -0.3 is 10.8 Å². The van der Waals surface area contributed by atoms with Crippen molar-refractivity contribution in [2.45, 2.75) is 24.9 Å². The normalized spacial score (nSPS) is 36.3. The lowest BCUT2D eigenvalue weighted by Crippen LogP contribution is -2.51. The summed E-state index contributed by atoms with van der Waals surface area (Å²) in [5.74, 6) is 0.0963. The Morgan fingerprint density at radius 2 is 2.00 bits per heavy atom. The molecule has 0 saturated heterocycles. The highest BCUT2D eigenvalue weighted by atomic mass is 35.5. The van der Waals surface area contributed by atoms with Crippen LogP contribution in [0.4, 0.5) is 8.78 Å². The molecule has 11 heavy (non-hydrogen) atoms. The molecule has 0 bridgehead atoms. The number of rotatable bonds is 2. The molecule has 0 radical (unpaired) electrons.